The van der Waals surface area contributed by atoms with Crippen molar-refractivity contribution in [2.75, 3.05) is 29.9 Å². The fourth-order valence-corrected chi connectivity index (χ4v) is 2.50. The van der Waals surface area contributed by atoms with Gasteiger partial charge in [-0.1, -0.05) is 12.1 Å². The molecule has 0 bridgehead atoms. The SMILES string of the molecule is CC1Oc2ccccc2N(CC(=O)NCCNc2cnccn2)C1=O. The minimum Gasteiger partial charge on any atom is -0.479 e. The Morgan fingerprint density at radius 3 is 2.92 bits per heavy atom. The Bertz CT molecular complexity index is 753. The summed E-state index contributed by atoms with van der Waals surface area (Å²) >= 11 is 0. The highest BCUT2D eigenvalue weighted by Gasteiger charge is 2.32. The van der Waals surface area contributed by atoms with E-state index in [0.717, 1.165) is 0 Å². The van der Waals surface area contributed by atoms with Gasteiger partial charge in [0.15, 0.2) is 6.10 Å². The van der Waals surface area contributed by atoms with E-state index in [2.05, 4.69) is 20.6 Å². The molecule has 1 aromatic carbocycles. The van der Waals surface area contributed by atoms with E-state index in [4.69, 9.17) is 4.74 Å². The third kappa shape index (κ3) is 4.03. The number of rotatable bonds is 6. The topological polar surface area (TPSA) is 96.5 Å². The monoisotopic (exact) mass is 341 g/mol. The Labute approximate surface area is 145 Å². The second-order valence-electron chi connectivity index (χ2n) is 5.52. The second-order valence-corrected chi connectivity index (χ2v) is 5.52. The van der Waals surface area contributed by atoms with Crippen molar-refractivity contribution < 1.29 is 14.3 Å². The smallest absolute Gasteiger partial charge is 0.268 e. The Hall–Kier alpha value is -3.16. The number of hydrogen-bond donors (Lipinski definition) is 2. The molecule has 2 amide bonds. The Morgan fingerprint density at radius 2 is 2.12 bits per heavy atom. The van der Waals surface area contributed by atoms with Crippen LogP contribution in [0.2, 0.25) is 0 Å². The van der Waals surface area contributed by atoms with Gasteiger partial charge in [-0.3, -0.25) is 19.5 Å². The van der Waals surface area contributed by atoms with Crippen LogP contribution in [0, 0.1) is 0 Å². The first-order valence-electron chi connectivity index (χ1n) is 7.99. The third-order valence-corrected chi connectivity index (χ3v) is 3.69. The lowest BCUT2D eigenvalue weighted by Crippen LogP contribution is -2.49. The zero-order chi connectivity index (χ0) is 17.6. The summed E-state index contributed by atoms with van der Waals surface area (Å²) in [6, 6.07) is 7.19. The lowest BCUT2D eigenvalue weighted by molar-refractivity contribution is -0.128. The molecule has 2 aromatic rings. The van der Waals surface area contributed by atoms with Crippen molar-refractivity contribution in [1.29, 1.82) is 0 Å². The number of benzene rings is 1. The maximum atomic E-state index is 12.3. The van der Waals surface area contributed by atoms with Crippen LogP contribution in [-0.2, 0) is 9.59 Å². The van der Waals surface area contributed by atoms with Crippen molar-refractivity contribution in [2.45, 2.75) is 13.0 Å². The molecule has 1 atom stereocenters. The molecule has 1 aliphatic rings. The molecular formula is C17H19N5O3. The number of nitrogens with one attached hydrogen (secondary N) is 2. The number of anilines is 2. The van der Waals surface area contributed by atoms with E-state index in [1.165, 1.54) is 4.90 Å². The number of amides is 2. The summed E-state index contributed by atoms with van der Waals surface area (Å²) in [5.74, 6) is 0.777. The second kappa shape index (κ2) is 7.61. The van der Waals surface area contributed by atoms with Gasteiger partial charge in [-0.25, -0.2) is 4.98 Å². The predicted molar refractivity (Wildman–Crippen MR) is 92.4 cm³/mol. The van der Waals surface area contributed by atoms with Crippen molar-refractivity contribution in [1.82, 2.24) is 15.3 Å². The van der Waals surface area contributed by atoms with Crippen LogP contribution < -0.4 is 20.3 Å². The number of carbonyl (C=O) groups excluding carboxylic acids is 2. The molecule has 0 aliphatic carbocycles. The molecule has 1 aromatic heterocycles. The van der Waals surface area contributed by atoms with Crippen LogP contribution in [0.15, 0.2) is 42.9 Å². The molecule has 25 heavy (non-hydrogen) atoms. The van der Waals surface area contributed by atoms with Crippen molar-refractivity contribution in [3.63, 3.8) is 0 Å². The summed E-state index contributed by atoms with van der Waals surface area (Å²) in [7, 11) is 0. The fraction of sp³-hybridized carbons (Fsp3) is 0.294. The van der Waals surface area contributed by atoms with Gasteiger partial charge in [-0.2, -0.15) is 0 Å². The number of fused-ring (bicyclic) bond motifs is 1. The van der Waals surface area contributed by atoms with Crippen LogP contribution in [0.5, 0.6) is 5.75 Å². The maximum Gasteiger partial charge on any atom is 0.268 e. The van der Waals surface area contributed by atoms with E-state index in [-0.39, 0.29) is 18.4 Å². The Balaban J connectivity index is 1.53. The third-order valence-electron chi connectivity index (χ3n) is 3.69. The molecular weight excluding hydrogens is 322 g/mol. The van der Waals surface area contributed by atoms with Crippen LogP contribution in [0.4, 0.5) is 11.5 Å². The number of carbonyl (C=O) groups is 2. The number of aromatic nitrogens is 2. The average molecular weight is 341 g/mol. The number of para-hydroxylation sites is 2. The first kappa shape index (κ1) is 16.7. The highest BCUT2D eigenvalue weighted by Crippen LogP contribution is 2.33. The van der Waals surface area contributed by atoms with Gasteiger partial charge in [0.2, 0.25) is 5.91 Å². The molecule has 8 nitrogen and oxygen atoms in total. The van der Waals surface area contributed by atoms with Gasteiger partial charge in [0.05, 0.1) is 11.9 Å². The highest BCUT2D eigenvalue weighted by atomic mass is 16.5. The molecule has 1 unspecified atom stereocenters. The first-order chi connectivity index (χ1) is 12.1. The molecule has 0 radical (unpaired) electrons. The van der Waals surface area contributed by atoms with Crippen LogP contribution in [0.25, 0.3) is 0 Å². The van der Waals surface area contributed by atoms with E-state index in [9.17, 15) is 9.59 Å². The molecule has 2 N–H and O–H groups in total. The van der Waals surface area contributed by atoms with E-state index < -0.39 is 6.10 Å². The first-order valence-corrected chi connectivity index (χ1v) is 7.99. The van der Waals surface area contributed by atoms with E-state index in [0.29, 0.717) is 30.3 Å². The van der Waals surface area contributed by atoms with Crippen molar-refractivity contribution in [3.05, 3.63) is 42.9 Å². The summed E-state index contributed by atoms with van der Waals surface area (Å²) in [4.78, 5) is 34.0. The van der Waals surface area contributed by atoms with Gasteiger partial charge < -0.3 is 15.4 Å². The molecule has 8 heteroatoms. The minimum atomic E-state index is -0.610. The molecule has 1 aliphatic heterocycles. The summed E-state index contributed by atoms with van der Waals surface area (Å²) in [5.41, 5.74) is 0.610. The number of hydrogen-bond acceptors (Lipinski definition) is 6. The quantitative estimate of drug-likeness (QED) is 0.755. The standard InChI is InChI=1S/C17H19N5O3/c1-12-17(24)22(13-4-2-3-5-14(13)25-12)11-16(23)21-9-8-20-15-10-18-6-7-19-15/h2-7,10,12H,8-9,11H2,1H3,(H,19,20)(H,21,23). The normalized spacial score (nSPS) is 16.0. The highest BCUT2D eigenvalue weighted by molar-refractivity contribution is 6.03. The average Bonchev–Trinajstić information content (AvgIpc) is 2.63. The predicted octanol–water partition coefficient (Wildman–Crippen LogP) is 0.819. The van der Waals surface area contributed by atoms with Crippen LogP contribution >= 0.6 is 0 Å². The molecule has 0 fully saturated rings. The Kier molecular flexibility index (Phi) is 5.08. The van der Waals surface area contributed by atoms with Gasteiger partial charge in [-0.15, -0.1) is 0 Å². The van der Waals surface area contributed by atoms with Gasteiger partial charge in [-0.05, 0) is 19.1 Å². The van der Waals surface area contributed by atoms with Crippen LogP contribution in [0.3, 0.4) is 0 Å². The number of nitrogens with zero attached hydrogens (tertiary/aromatic N) is 3. The zero-order valence-corrected chi connectivity index (χ0v) is 13.8. The van der Waals surface area contributed by atoms with Gasteiger partial charge in [0.1, 0.15) is 18.1 Å². The summed E-state index contributed by atoms with van der Waals surface area (Å²) < 4.78 is 5.56. The minimum absolute atomic E-state index is 0.0469. The van der Waals surface area contributed by atoms with Gasteiger partial charge in [0.25, 0.3) is 5.91 Å². The van der Waals surface area contributed by atoms with E-state index >= 15 is 0 Å². The van der Waals surface area contributed by atoms with Crippen molar-refractivity contribution in [2.24, 2.45) is 0 Å². The van der Waals surface area contributed by atoms with Crippen molar-refractivity contribution in [3.8, 4) is 5.75 Å². The van der Waals surface area contributed by atoms with E-state index in [1.807, 2.05) is 6.07 Å². The largest absolute Gasteiger partial charge is 0.479 e. The molecule has 0 saturated carbocycles. The zero-order valence-electron chi connectivity index (χ0n) is 13.8. The molecule has 130 valence electrons. The lowest BCUT2D eigenvalue weighted by Gasteiger charge is -2.32. The van der Waals surface area contributed by atoms with Gasteiger partial charge in [0, 0.05) is 25.5 Å². The van der Waals surface area contributed by atoms with Crippen molar-refractivity contribution >= 4 is 23.3 Å². The summed E-state index contributed by atoms with van der Waals surface area (Å²) in [6.45, 7) is 2.54. The Morgan fingerprint density at radius 1 is 1.28 bits per heavy atom. The maximum absolute atomic E-state index is 12.3. The van der Waals surface area contributed by atoms with Crippen LogP contribution in [-0.4, -0.2) is 47.5 Å². The molecule has 0 spiro atoms. The van der Waals surface area contributed by atoms with Gasteiger partial charge >= 0.3 is 0 Å². The van der Waals surface area contributed by atoms with E-state index in [1.54, 1.807) is 43.7 Å². The molecule has 0 saturated heterocycles. The molecule has 3 rings (SSSR count). The number of ether oxygens (including phenoxy) is 1. The van der Waals surface area contributed by atoms with Crippen LogP contribution in [0.1, 0.15) is 6.92 Å². The lowest BCUT2D eigenvalue weighted by atomic mass is 10.2. The summed E-state index contributed by atoms with van der Waals surface area (Å²) in [6.07, 6.45) is 4.17. The summed E-state index contributed by atoms with van der Waals surface area (Å²) in [5, 5.41) is 5.83. The fourth-order valence-electron chi connectivity index (χ4n) is 2.50. The molecule has 2 heterocycles.